The van der Waals surface area contributed by atoms with E-state index in [9.17, 15) is 0 Å². The molecule has 3 atom stereocenters. The van der Waals surface area contributed by atoms with Gasteiger partial charge in [-0.2, -0.15) is 0 Å². The van der Waals surface area contributed by atoms with Crippen molar-refractivity contribution in [3.05, 3.63) is 18.2 Å². The van der Waals surface area contributed by atoms with Gasteiger partial charge in [0.05, 0.1) is 12.0 Å². The van der Waals surface area contributed by atoms with Crippen molar-refractivity contribution in [3.63, 3.8) is 0 Å². The normalized spacial score (nSPS) is 32.0. The van der Waals surface area contributed by atoms with Gasteiger partial charge in [-0.15, -0.1) is 12.4 Å². The Morgan fingerprint density at radius 1 is 1.39 bits per heavy atom. The first-order chi connectivity index (χ1) is 8.24. The molecule has 3 unspecified atom stereocenters. The van der Waals surface area contributed by atoms with E-state index < -0.39 is 0 Å². The van der Waals surface area contributed by atoms with Crippen LogP contribution in [0.1, 0.15) is 25.0 Å². The summed E-state index contributed by atoms with van der Waals surface area (Å²) in [5.41, 5.74) is 7.54. The highest BCUT2D eigenvalue weighted by Crippen LogP contribution is 2.35. The Labute approximate surface area is 115 Å². The lowest BCUT2D eigenvalue weighted by molar-refractivity contribution is 0.259. The maximum atomic E-state index is 6.24. The van der Waals surface area contributed by atoms with Crippen LogP contribution in [0.4, 0.5) is 0 Å². The average Bonchev–Trinajstić information content (AvgIpc) is 2.87. The average molecular weight is 271 g/mol. The third-order valence-corrected chi connectivity index (χ3v) is 4.53. The number of halogens is 1. The summed E-state index contributed by atoms with van der Waals surface area (Å²) in [5, 5.41) is 0. The van der Waals surface area contributed by atoms with Crippen molar-refractivity contribution >= 4 is 12.4 Å². The van der Waals surface area contributed by atoms with E-state index >= 15 is 0 Å². The molecule has 2 aliphatic rings. The number of nitrogens with two attached hydrogens (primary N) is 1. The number of nitrogens with zero attached hydrogens (tertiary/aromatic N) is 3. The first-order valence-electron chi connectivity index (χ1n) is 6.67. The van der Waals surface area contributed by atoms with Crippen LogP contribution in [-0.4, -0.2) is 33.6 Å². The molecule has 0 bridgehead atoms. The lowest BCUT2D eigenvalue weighted by atomic mass is 9.78. The van der Waals surface area contributed by atoms with Gasteiger partial charge in [-0.3, -0.25) is 4.90 Å². The van der Waals surface area contributed by atoms with Crippen molar-refractivity contribution in [1.29, 1.82) is 0 Å². The lowest BCUT2D eigenvalue weighted by Crippen LogP contribution is -2.38. The molecule has 0 amide bonds. The summed E-state index contributed by atoms with van der Waals surface area (Å²) >= 11 is 0. The Kier molecular flexibility index (Phi) is 4.30. The number of hydrogen-bond donors (Lipinski definition) is 1. The van der Waals surface area contributed by atoms with Gasteiger partial charge in [0, 0.05) is 38.9 Å². The van der Waals surface area contributed by atoms with Crippen molar-refractivity contribution in [1.82, 2.24) is 14.5 Å². The molecule has 1 aliphatic carbocycles. The van der Waals surface area contributed by atoms with Crippen LogP contribution in [0, 0.1) is 11.8 Å². The minimum atomic E-state index is 0. The minimum Gasteiger partial charge on any atom is -0.337 e. The van der Waals surface area contributed by atoms with Crippen LogP contribution in [0.5, 0.6) is 0 Å². The number of aromatic nitrogens is 2. The zero-order valence-corrected chi connectivity index (χ0v) is 11.8. The molecule has 1 aromatic rings. The quantitative estimate of drug-likeness (QED) is 0.884. The molecule has 4 nitrogen and oxygen atoms in total. The molecular weight excluding hydrogens is 248 g/mol. The van der Waals surface area contributed by atoms with Gasteiger partial charge in [-0.25, -0.2) is 4.98 Å². The Balaban J connectivity index is 0.00000120. The second-order valence-corrected chi connectivity index (χ2v) is 5.71. The van der Waals surface area contributed by atoms with Crippen molar-refractivity contribution in [2.24, 2.45) is 24.6 Å². The Hall–Kier alpha value is -0.580. The number of rotatable bonds is 2. The van der Waals surface area contributed by atoms with E-state index in [-0.39, 0.29) is 12.4 Å². The molecule has 2 N–H and O–H groups in total. The fourth-order valence-corrected chi connectivity index (χ4v) is 3.50. The molecule has 2 fully saturated rings. The predicted molar refractivity (Wildman–Crippen MR) is 74.5 cm³/mol. The SMILES string of the molecule is Cl.Cn1cncc1CN1CC2CCCC(N)C2C1. The Morgan fingerprint density at radius 2 is 2.22 bits per heavy atom. The van der Waals surface area contributed by atoms with Gasteiger partial charge in [-0.05, 0) is 24.7 Å². The standard InChI is InChI=1S/C13H22N4.ClH/c1-16-9-15-5-11(16)7-17-6-10-3-2-4-13(14)12(10)8-17;/h5,9-10,12-13H,2-4,6-8,14H2,1H3;1H. The van der Waals surface area contributed by atoms with Crippen LogP contribution in [-0.2, 0) is 13.6 Å². The highest BCUT2D eigenvalue weighted by Gasteiger charge is 2.38. The summed E-state index contributed by atoms with van der Waals surface area (Å²) < 4.78 is 2.11. The molecule has 0 radical (unpaired) electrons. The summed E-state index contributed by atoms with van der Waals surface area (Å²) in [6.07, 6.45) is 7.77. The highest BCUT2D eigenvalue weighted by atomic mass is 35.5. The van der Waals surface area contributed by atoms with Crippen LogP contribution >= 0.6 is 12.4 Å². The topological polar surface area (TPSA) is 47.1 Å². The van der Waals surface area contributed by atoms with E-state index in [2.05, 4.69) is 21.5 Å². The van der Waals surface area contributed by atoms with Crippen molar-refractivity contribution < 1.29 is 0 Å². The van der Waals surface area contributed by atoms with Gasteiger partial charge in [0.2, 0.25) is 0 Å². The fourth-order valence-electron chi connectivity index (χ4n) is 3.50. The van der Waals surface area contributed by atoms with Gasteiger partial charge in [0.25, 0.3) is 0 Å². The molecule has 1 saturated heterocycles. The molecule has 5 heteroatoms. The molecular formula is C13H23ClN4. The lowest BCUT2D eigenvalue weighted by Gasteiger charge is -2.29. The maximum absolute atomic E-state index is 6.24. The summed E-state index contributed by atoms with van der Waals surface area (Å²) in [6, 6.07) is 0.435. The molecule has 1 aromatic heterocycles. The molecule has 102 valence electrons. The third-order valence-electron chi connectivity index (χ3n) is 4.53. The fraction of sp³-hybridized carbons (Fsp3) is 0.769. The Morgan fingerprint density at radius 3 is 2.89 bits per heavy atom. The zero-order valence-electron chi connectivity index (χ0n) is 11.0. The smallest absolute Gasteiger partial charge is 0.0945 e. The van der Waals surface area contributed by atoms with Gasteiger partial charge in [-0.1, -0.05) is 6.42 Å². The second-order valence-electron chi connectivity index (χ2n) is 5.71. The van der Waals surface area contributed by atoms with E-state index in [1.165, 1.54) is 38.0 Å². The molecule has 2 heterocycles. The molecule has 0 aromatic carbocycles. The zero-order chi connectivity index (χ0) is 11.8. The number of likely N-dealkylation sites (tertiary alicyclic amines) is 1. The first-order valence-corrected chi connectivity index (χ1v) is 6.67. The summed E-state index contributed by atoms with van der Waals surface area (Å²) in [7, 11) is 2.07. The van der Waals surface area contributed by atoms with Gasteiger partial charge < -0.3 is 10.3 Å². The van der Waals surface area contributed by atoms with Gasteiger partial charge in [0.1, 0.15) is 0 Å². The maximum Gasteiger partial charge on any atom is 0.0945 e. The number of imidazole rings is 1. The molecule has 1 saturated carbocycles. The van der Waals surface area contributed by atoms with Crippen LogP contribution in [0.2, 0.25) is 0 Å². The van der Waals surface area contributed by atoms with Gasteiger partial charge >= 0.3 is 0 Å². The molecule has 3 rings (SSSR count). The van der Waals surface area contributed by atoms with Crippen LogP contribution < -0.4 is 5.73 Å². The highest BCUT2D eigenvalue weighted by molar-refractivity contribution is 5.85. The minimum absolute atomic E-state index is 0. The van der Waals surface area contributed by atoms with E-state index in [0.717, 1.165) is 18.4 Å². The van der Waals surface area contributed by atoms with Crippen LogP contribution in [0.25, 0.3) is 0 Å². The molecule has 1 aliphatic heterocycles. The van der Waals surface area contributed by atoms with Gasteiger partial charge in [0.15, 0.2) is 0 Å². The van der Waals surface area contributed by atoms with E-state index in [4.69, 9.17) is 5.73 Å². The predicted octanol–water partition coefficient (Wildman–Crippen LogP) is 1.40. The van der Waals surface area contributed by atoms with E-state index in [1.54, 1.807) is 0 Å². The van der Waals surface area contributed by atoms with Crippen molar-refractivity contribution in [2.45, 2.75) is 31.8 Å². The van der Waals surface area contributed by atoms with Crippen LogP contribution in [0.3, 0.4) is 0 Å². The van der Waals surface area contributed by atoms with E-state index in [1.807, 2.05) is 12.5 Å². The number of hydrogen-bond acceptors (Lipinski definition) is 3. The first kappa shape index (κ1) is 13.8. The molecule has 18 heavy (non-hydrogen) atoms. The second kappa shape index (κ2) is 5.59. The largest absolute Gasteiger partial charge is 0.337 e. The van der Waals surface area contributed by atoms with Crippen LogP contribution in [0.15, 0.2) is 12.5 Å². The monoisotopic (exact) mass is 270 g/mol. The molecule has 0 spiro atoms. The Bertz CT molecular complexity index is 392. The third kappa shape index (κ3) is 2.56. The summed E-state index contributed by atoms with van der Waals surface area (Å²) in [4.78, 5) is 6.73. The summed E-state index contributed by atoms with van der Waals surface area (Å²) in [5.74, 6) is 1.57. The number of fused-ring (bicyclic) bond motifs is 1. The summed E-state index contributed by atoms with van der Waals surface area (Å²) in [6.45, 7) is 3.43. The van der Waals surface area contributed by atoms with Crippen molar-refractivity contribution in [3.8, 4) is 0 Å². The van der Waals surface area contributed by atoms with E-state index in [0.29, 0.717) is 6.04 Å². The number of aryl methyl sites for hydroxylation is 1. The van der Waals surface area contributed by atoms with Crippen molar-refractivity contribution in [2.75, 3.05) is 13.1 Å².